The molecular formula is C18H24N6O2. The van der Waals surface area contributed by atoms with E-state index in [1.54, 1.807) is 37.0 Å². The van der Waals surface area contributed by atoms with Gasteiger partial charge in [0.15, 0.2) is 5.96 Å². The first-order valence-electron chi connectivity index (χ1n) is 8.12. The Bertz CT molecular complexity index is 848. The fraction of sp³-hybridized carbons (Fsp3) is 0.333. The van der Waals surface area contributed by atoms with E-state index in [1.807, 2.05) is 19.9 Å². The predicted octanol–water partition coefficient (Wildman–Crippen LogP) is 1.64. The molecule has 2 rings (SSSR count). The number of aromatic nitrogens is 2. The molecule has 3 N–H and O–H groups in total. The standard InChI is InChI=1S/C16H18N6O2.C2H6/c1-19-16(18)21(2)15(24)8-12-7-13(20-22(12)3)10-4-5-14(23)11(6-10)9-17;1-2/h4-7,23H,8H2,1-3H3,(H2,18,19);1-2H3. The van der Waals surface area contributed by atoms with Gasteiger partial charge in [-0.25, -0.2) is 0 Å². The van der Waals surface area contributed by atoms with E-state index in [-0.39, 0.29) is 29.6 Å². The van der Waals surface area contributed by atoms with Crippen molar-refractivity contribution >= 4 is 11.9 Å². The van der Waals surface area contributed by atoms with Crippen LogP contribution in [0, 0.1) is 11.3 Å². The van der Waals surface area contributed by atoms with Crippen LogP contribution in [0.3, 0.4) is 0 Å². The highest BCUT2D eigenvalue weighted by Gasteiger charge is 2.16. The minimum Gasteiger partial charge on any atom is -0.507 e. The summed E-state index contributed by atoms with van der Waals surface area (Å²) >= 11 is 0. The monoisotopic (exact) mass is 356 g/mol. The number of aliphatic imine (C=N–C) groups is 1. The van der Waals surface area contributed by atoms with Crippen LogP contribution in [0.4, 0.5) is 0 Å². The maximum Gasteiger partial charge on any atom is 0.235 e. The summed E-state index contributed by atoms with van der Waals surface area (Å²) < 4.78 is 1.60. The molecule has 0 saturated carbocycles. The van der Waals surface area contributed by atoms with Gasteiger partial charge in [-0.05, 0) is 24.3 Å². The predicted molar refractivity (Wildman–Crippen MR) is 100 cm³/mol. The number of benzene rings is 1. The molecule has 8 heteroatoms. The minimum absolute atomic E-state index is 0.0801. The molecule has 1 aromatic carbocycles. The van der Waals surface area contributed by atoms with Gasteiger partial charge in [-0.3, -0.25) is 19.4 Å². The largest absolute Gasteiger partial charge is 0.507 e. The number of guanidine groups is 1. The number of nitriles is 1. The summed E-state index contributed by atoms with van der Waals surface area (Å²) in [6.45, 7) is 4.00. The zero-order valence-corrected chi connectivity index (χ0v) is 15.7. The molecule has 1 amide bonds. The molecule has 0 fully saturated rings. The number of nitrogens with zero attached hydrogens (tertiary/aromatic N) is 5. The van der Waals surface area contributed by atoms with Crippen LogP contribution in [0.2, 0.25) is 0 Å². The lowest BCUT2D eigenvalue weighted by Crippen LogP contribution is -2.39. The lowest BCUT2D eigenvalue weighted by molar-refractivity contribution is -0.125. The summed E-state index contributed by atoms with van der Waals surface area (Å²) in [7, 11) is 4.80. The molecule has 0 atom stereocenters. The first kappa shape index (κ1) is 20.7. The van der Waals surface area contributed by atoms with Gasteiger partial charge in [-0.2, -0.15) is 10.4 Å². The number of carbonyl (C=O) groups excluding carboxylic acids is 1. The van der Waals surface area contributed by atoms with Gasteiger partial charge in [-0.1, -0.05) is 13.8 Å². The van der Waals surface area contributed by atoms with E-state index in [0.717, 1.165) is 0 Å². The summed E-state index contributed by atoms with van der Waals surface area (Å²) in [5.74, 6) is -0.154. The number of hydrogen-bond acceptors (Lipinski definition) is 5. The van der Waals surface area contributed by atoms with Crippen molar-refractivity contribution in [2.75, 3.05) is 14.1 Å². The third-order valence-corrected chi connectivity index (χ3v) is 3.67. The van der Waals surface area contributed by atoms with Crippen molar-refractivity contribution in [1.82, 2.24) is 14.7 Å². The number of likely N-dealkylation sites (N-methyl/N-ethyl adjacent to an activating group) is 1. The Labute approximate surface area is 153 Å². The summed E-state index contributed by atoms with van der Waals surface area (Å²) in [5.41, 5.74) is 7.78. The molecule has 1 aromatic heterocycles. The lowest BCUT2D eigenvalue weighted by Gasteiger charge is -2.15. The van der Waals surface area contributed by atoms with Crippen molar-refractivity contribution in [3.63, 3.8) is 0 Å². The zero-order chi connectivity index (χ0) is 19.9. The maximum atomic E-state index is 12.2. The maximum absolute atomic E-state index is 12.2. The highest BCUT2D eigenvalue weighted by molar-refractivity contribution is 5.96. The number of phenols is 1. The SMILES string of the molecule is CC.CN=C(N)N(C)C(=O)Cc1cc(-c2ccc(O)c(C#N)c2)nn1C. The van der Waals surface area contributed by atoms with Crippen LogP contribution >= 0.6 is 0 Å². The lowest BCUT2D eigenvalue weighted by atomic mass is 10.1. The molecule has 0 aliphatic rings. The first-order chi connectivity index (χ1) is 12.4. The highest BCUT2D eigenvalue weighted by Crippen LogP contribution is 2.25. The molecule has 0 saturated heterocycles. The average molecular weight is 356 g/mol. The quantitative estimate of drug-likeness (QED) is 0.640. The van der Waals surface area contributed by atoms with Crippen LogP contribution in [-0.2, 0) is 18.3 Å². The van der Waals surface area contributed by atoms with Crippen molar-refractivity contribution in [1.29, 1.82) is 5.26 Å². The summed E-state index contributed by atoms with van der Waals surface area (Å²) in [4.78, 5) is 17.3. The van der Waals surface area contributed by atoms with E-state index in [9.17, 15) is 9.90 Å². The number of carbonyl (C=O) groups is 1. The summed E-state index contributed by atoms with van der Waals surface area (Å²) in [6, 6.07) is 8.34. The molecule has 0 unspecified atom stereocenters. The molecule has 2 aromatic rings. The van der Waals surface area contributed by atoms with E-state index in [4.69, 9.17) is 11.0 Å². The number of phenolic OH excluding ortho intramolecular Hbond substituents is 1. The van der Waals surface area contributed by atoms with E-state index < -0.39 is 0 Å². The molecule has 0 bridgehead atoms. The second-order valence-corrected chi connectivity index (χ2v) is 5.20. The molecule has 26 heavy (non-hydrogen) atoms. The minimum atomic E-state index is -0.212. The molecule has 0 radical (unpaired) electrons. The molecule has 138 valence electrons. The number of aryl methyl sites for hydroxylation is 1. The van der Waals surface area contributed by atoms with Gasteiger partial charge in [0, 0.05) is 32.4 Å². The summed E-state index contributed by atoms with van der Waals surface area (Å²) in [6.07, 6.45) is 0.111. The Morgan fingerprint density at radius 2 is 2.08 bits per heavy atom. The van der Waals surface area contributed by atoms with E-state index in [0.29, 0.717) is 17.0 Å². The number of hydrogen-bond donors (Lipinski definition) is 2. The highest BCUT2D eigenvalue weighted by atomic mass is 16.3. The molecule has 0 aliphatic heterocycles. The fourth-order valence-corrected chi connectivity index (χ4v) is 2.15. The zero-order valence-electron chi connectivity index (χ0n) is 15.7. The fourth-order valence-electron chi connectivity index (χ4n) is 2.15. The molecule has 8 nitrogen and oxygen atoms in total. The first-order valence-corrected chi connectivity index (χ1v) is 8.12. The van der Waals surface area contributed by atoms with Crippen LogP contribution in [0.25, 0.3) is 11.3 Å². The third-order valence-electron chi connectivity index (χ3n) is 3.67. The number of rotatable bonds is 3. The van der Waals surface area contributed by atoms with Gasteiger partial charge in [0.1, 0.15) is 11.8 Å². The van der Waals surface area contributed by atoms with Crippen LogP contribution < -0.4 is 5.73 Å². The van der Waals surface area contributed by atoms with Gasteiger partial charge in [0.2, 0.25) is 5.91 Å². The van der Waals surface area contributed by atoms with Gasteiger partial charge in [0.25, 0.3) is 0 Å². The number of amides is 1. The smallest absolute Gasteiger partial charge is 0.235 e. The van der Waals surface area contributed by atoms with Crippen LogP contribution in [0.5, 0.6) is 5.75 Å². The molecule has 1 heterocycles. The average Bonchev–Trinajstić information content (AvgIpc) is 3.02. The van der Waals surface area contributed by atoms with Crippen LogP contribution in [0.15, 0.2) is 29.3 Å². The third kappa shape index (κ3) is 4.60. The molecule has 0 aliphatic carbocycles. The van der Waals surface area contributed by atoms with E-state index in [1.165, 1.54) is 18.0 Å². The normalized spacial score (nSPS) is 10.5. The van der Waals surface area contributed by atoms with Crippen molar-refractivity contribution < 1.29 is 9.90 Å². The Morgan fingerprint density at radius 3 is 2.65 bits per heavy atom. The van der Waals surface area contributed by atoms with Crippen molar-refractivity contribution in [3.8, 4) is 23.1 Å². The Balaban J connectivity index is 0.00000163. The van der Waals surface area contributed by atoms with Crippen LogP contribution in [-0.4, -0.2) is 45.7 Å². The Hall–Kier alpha value is -3.34. The topological polar surface area (TPSA) is 121 Å². The number of aromatic hydroxyl groups is 1. The van der Waals surface area contributed by atoms with Crippen molar-refractivity contribution in [2.24, 2.45) is 17.8 Å². The Kier molecular flexibility index (Phi) is 7.34. The van der Waals surface area contributed by atoms with Gasteiger partial charge in [-0.15, -0.1) is 0 Å². The molecular weight excluding hydrogens is 332 g/mol. The second kappa shape index (κ2) is 9.22. The van der Waals surface area contributed by atoms with E-state index >= 15 is 0 Å². The number of nitrogens with two attached hydrogens (primary N) is 1. The second-order valence-electron chi connectivity index (χ2n) is 5.20. The van der Waals surface area contributed by atoms with Crippen molar-refractivity contribution in [2.45, 2.75) is 20.3 Å². The van der Waals surface area contributed by atoms with Gasteiger partial charge >= 0.3 is 0 Å². The Morgan fingerprint density at radius 1 is 1.42 bits per heavy atom. The van der Waals surface area contributed by atoms with Gasteiger partial charge in [0.05, 0.1) is 17.7 Å². The summed E-state index contributed by atoms with van der Waals surface area (Å²) in [5, 5.41) is 22.9. The van der Waals surface area contributed by atoms with Gasteiger partial charge < -0.3 is 10.8 Å². The van der Waals surface area contributed by atoms with E-state index in [2.05, 4.69) is 10.1 Å². The van der Waals surface area contributed by atoms with Crippen molar-refractivity contribution in [3.05, 3.63) is 35.5 Å². The molecule has 0 spiro atoms. The van der Waals surface area contributed by atoms with Crippen LogP contribution in [0.1, 0.15) is 25.1 Å².